The maximum absolute atomic E-state index is 11.3. The molecule has 0 amide bonds. The summed E-state index contributed by atoms with van der Waals surface area (Å²) in [7, 11) is 1.77. The molecule has 1 saturated carbocycles. The number of carboxylic acid groups (broad SMARTS) is 1. The molecule has 1 aliphatic carbocycles. The van der Waals surface area contributed by atoms with Crippen molar-refractivity contribution in [1.29, 1.82) is 0 Å². The smallest absolute Gasteiger partial charge is 0.325 e. The predicted octanol–water partition coefficient (Wildman–Crippen LogP) is 1.97. The fourth-order valence-corrected chi connectivity index (χ4v) is 3.26. The third-order valence-electron chi connectivity index (χ3n) is 3.07. The zero-order chi connectivity index (χ0) is 11.3. The van der Waals surface area contributed by atoms with Crippen LogP contribution in [-0.4, -0.2) is 35.2 Å². The van der Waals surface area contributed by atoms with Crippen molar-refractivity contribution in [2.45, 2.75) is 38.1 Å². The van der Waals surface area contributed by atoms with Crippen LogP contribution >= 0.6 is 11.8 Å². The van der Waals surface area contributed by atoms with Crippen LogP contribution in [0.15, 0.2) is 0 Å². The number of thioether (sulfide) groups is 1. The van der Waals surface area contributed by atoms with Gasteiger partial charge in [0.25, 0.3) is 0 Å². The summed E-state index contributed by atoms with van der Waals surface area (Å²) in [4.78, 5) is 11.3. The first-order valence-electron chi connectivity index (χ1n) is 5.67. The van der Waals surface area contributed by atoms with Crippen molar-refractivity contribution < 1.29 is 9.90 Å². The van der Waals surface area contributed by atoms with Crippen molar-refractivity contribution >= 4 is 17.7 Å². The Balaban J connectivity index is 2.44. The monoisotopic (exact) mass is 231 g/mol. The van der Waals surface area contributed by atoms with E-state index < -0.39 is 11.5 Å². The minimum atomic E-state index is -0.684. The lowest BCUT2D eigenvalue weighted by molar-refractivity contribution is -0.144. The number of hydrogen-bond donors (Lipinski definition) is 2. The number of carbonyl (C=O) groups is 1. The molecule has 3 nitrogen and oxygen atoms in total. The number of nitrogens with one attached hydrogen (secondary N) is 1. The zero-order valence-corrected chi connectivity index (χ0v) is 10.4. The molecule has 0 aliphatic heterocycles. The summed E-state index contributed by atoms with van der Waals surface area (Å²) >= 11 is 1.76. The third kappa shape index (κ3) is 3.11. The van der Waals surface area contributed by atoms with E-state index in [1.165, 1.54) is 12.8 Å². The highest BCUT2D eigenvalue weighted by molar-refractivity contribution is 7.99. The Bertz CT molecular complexity index is 219. The molecule has 1 unspecified atom stereocenters. The van der Waals surface area contributed by atoms with Crippen LogP contribution in [0.4, 0.5) is 0 Å². The molecule has 88 valence electrons. The number of unbranched alkanes of at least 4 members (excludes halogenated alkanes) is 1. The van der Waals surface area contributed by atoms with Crippen LogP contribution < -0.4 is 5.32 Å². The van der Waals surface area contributed by atoms with E-state index in [4.69, 9.17) is 0 Å². The summed E-state index contributed by atoms with van der Waals surface area (Å²) in [6, 6.07) is 0. The first kappa shape index (κ1) is 12.8. The molecular weight excluding hydrogens is 210 g/mol. The number of aliphatic carboxylic acids is 1. The molecule has 0 spiro atoms. The van der Waals surface area contributed by atoms with Crippen LogP contribution in [0.3, 0.4) is 0 Å². The Morgan fingerprint density at radius 2 is 2.27 bits per heavy atom. The SMILES string of the molecule is CCCCSCC(NC)(C(=O)O)C1CC1. The highest BCUT2D eigenvalue weighted by Gasteiger charge is 2.49. The van der Waals surface area contributed by atoms with Gasteiger partial charge >= 0.3 is 5.97 Å². The highest BCUT2D eigenvalue weighted by atomic mass is 32.2. The molecule has 0 aromatic rings. The predicted molar refractivity (Wildman–Crippen MR) is 64.4 cm³/mol. The topological polar surface area (TPSA) is 49.3 Å². The molecule has 1 aliphatic rings. The summed E-state index contributed by atoms with van der Waals surface area (Å²) < 4.78 is 0. The average molecular weight is 231 g/mol. The molecule has 0 saturated heterocycles. The highest BCUT2D eigenvalue weighted by Crippen LogP contribution is 2.41. The van der Waals surface area contributed by atoms with E-state index in [9.17, 15) is 9.90 Å². The van der Waals surface area contributed by atoms with E-state index >= 15 is 0 Å². The normalized spacial score (nSPS) is 19.9. The molecule has 0 radical (unpaired) electrons. The van der Waals surface area contributed by atoms with Crippen molar-refractivity contribution in [2.75, 3.05) is 18.6 Å². The van der Waals surface area contributed by atoms with Gasteiger partial charge < -0.3 is 10.4 Å². The van der Waals surface area contributed by atoms with E-state index in [2.05, 4.69) is 12.2 Å². The molecule has 15 heavy (non-hydrogen) atoms. The largest absolute Gasteiger partial charge is 0.480 e. The van der Waals surface area contributed by atoms with Gasteiger partial charge in [-0.15, -0.1) is 0 Å². The first-order chi connectivity index (χ1) is 7.17. The molecule has 1 fully saturated rings. The molecule has 1 rings (SSSR count). The molecule has 2 N–H and O–H groups in total. The van der Waals surface area contributed by atoms with Crippen LogP contribution in [0.25, 0.3) is 0 Å². The fraction of sp³-hybridized carbons (Fsp3) is 0.909. The second kappa shape index (κ2) is 5.75. The number of carboxylic acids is 1. The van der Waals surface area contributed by atoms with Gasteiger partial charge in [0, 0.05) is 5.75 Å². The van der Waals surface area contributed by atoms with Crippen LogP contribution in [0.2, 0.25) is 0 Å². The minimum absolute atomic E-state index is 0.342. The minimum Gasteiger partial charge on any atom is -0.480 e. The fourth-order valence-electron chi connectivity index (χ4n) is 1.79. The van der Waals surface area contributed by atoms with Gasteiger partial charge in [-0.3, -0.25) is 4.79 Å². The van der Waals surface area contributed by atoms with Gasteiger partial charge in [0.2, 0.25) is 0 Å². The number of rotatable bonds is 8. The number of likely N-dealkylation sites (N-methyl/N-ethyl adjacent to an activating group) is 1. The first-order valence-corrected chi connectivity index (χ1v) is 6.83. The van der Waals surface area contributed by atoms with Crippen molar-refractivity contribution in [3.8, 4) is 0 Å². The third-order valence-corrected chi connectivity index (χ3v) is 4.31. The van der Waals surface area contributed by atoms with Gasteiger partial charge in [-0.05, 0) is 38.0 Å². The second-order valence-electron chi connectivity index (χ2n) is 4.21. The van der Waals surface area contributed by atoms with Gasteiger partial charge in [0.1, 0.15) is 5.54 Å². The molecule has 0 bridgehead atoms. The summed E-state index contributed by atoms with van der Waals surface area (Å²) in [6.45, 7) is 2.16. The maximum Gasteiger partial charge on any atom is 0.325 e. The lowest BCUT2D eigenvalue weighted by atomic mass is 9.96. The Labute approximate surface area is 96.0 Å². The Morgan fingerprint density at radius 3 is 2.67 bits per heavy atom. The number of hydrogen-bond acceptors (Lipinski definition) is 3. The molecule has 0 aromatic carbocycles. The Morgan fingerprint density at radius 1 is 1.60 bits per heavy atom. The quantitative estimate of drug-likeness (QED) is 0.627. The average Bonchev–Trinajstić information content (AvgIpc) is 3.02. The molecule has 1 atom stereocenters. The van der Waals surface area contributed by atoms with Gasteiger partial charge in [-0.1, -0.05) is 13.3 Å². The van der Waals surface area contributed by atoms with E-state index in [0.717, 1.165) is 18.6 Å². The van der Waals surface area contributed by atoms with Gasteiger partial charge in [-0.2, -0.15) is 11.8 Å². The van der Waals surface area contributed by atoms with Crippen LogP contribution in [0.5, 0.6) is 0 Å². The molecule has 4 heteroatoms. The summed E-state index contributed by atoms with van der Waals surface area (Å²) in [6.07, 6.45) is 4.47. The summed E-state index contributed by atoms with van der Waals surface area (Å²) in [5.74, 6) is 1.43. The van der Waals surface area contributed by atoms with Gasteiger partial charge in [0.15, 0.2) is 0 Å². The van der Waals surface area contributed by atoms with E-state index in [1.54, 1.807) is 18.8 Å². The maximum atomic E-state index is 11.3. The van der Waals surface area contributed by atoms with Crippen LogP contribution in [0.1, 0.15) is 32.6 Å². The van der Waals surface area contributed by atoms with E-state index in [1.807, 2.05) is 0 Å². The lowest BCUT2D eigenvalue weighted by Gasteiger charge is -2.28. The Hall–Kier alpha value is -0.220. The van der Waals surface area contributed by atoms with Gasteiger partial charge in [-0.25, -0.2) is 0 Å². The van der Waals surface area contributed by atoms with E-state index in [0.29, 0.717) is 11.7 Å². The zero-order valence-electron chi connectivity index (χ0n) is 9.58. The summed E-state index contributed by atoms with van der Waals surface area (Å²) in [5, 5.41) is 12.3. The standard InChI is InChI=1S/C11H21NO2S/c1-3-4-7-15-8-11(12-2,10(13)14)9-5-6-9/h9,12H,3-8H2,1-2H3,(H,13,14). The molecule has 0 heterocycles. The van der Waals surface area contributed by atoms with Gasteiger partial charge in [0.05, 0.1) is 0 Å². The van der Waals surface area contributed by atoms with Crippen LogP contribution in [-0.2, 0) is 4.79 Å². The lowest BCUT2D eigenvalue weighted by Crippen LogP contribution is -2.54. The van der Waals surface area contributed by atoms with Crippen LogP contribution in [0, 0.1) is 5.92 Å². The van der Waals surface area contributed by atoms with Crippen molar-refractivity contribution in [3.63, 3.8) is 0 Å². The van der Waals surface area contributed by atoms with Crippen molar-refractivity contribution in [1.82, 2.24) is 5.32 Å². The second-order valence-corrected chi connectivity index (χ2v) is 5.31. The van der Waals surface area contributed by atoms with Crippen molar-refractivity contribution in [3.05, 3.63) is 0 Å². The summed E-state index contributed by atoms with van der Waals surface area (Å²) in [5.41, 5.74) is -0.668. The molecule has 0 aromatic heterocycles. The molecular formula is C11H21NO2S. The Kier molecular flexibility index (Phi) is 4.93. The van der Waals surface area contributed by atoms with E-state index in [-0.39, 0.29) is 0 Å². The van der Waals surface area contributed by atoms with Crippen molar-refractivity contribution in [2.24, 2.45) is 5.92 Å².